The van der Waals surface area contributed by atoms with Gasteiger partial charge in [-0.15, -0.1) is 0 Å². The molecule has 0 unspecified atom stereocenters. The number of halogens is 1. The number of hydrogen-bond donors (Lipinski definition) is 1. The number of hydrogen-bond acceptors (Lipinski definition) is 1. The zero-order valence-corrected chi connectivity index (χ0v) is 14.0. The summed E-state index contributed by atoms with van der Waals surface area (Å²) >= 11 is 0. The lowest BCUT2D eigenvalue weighted by Crippen LogP contribution is -2.44. The molecular weight excluding hydrogens is 313 g/mol. The molecule has 1 amide bonds. The first-order chi connectivity index (χ1) is 12.2. The molecule has 0 saturated heterocycles. The van der Waals surface area contributed by atoms with Gasteiger partial charge in [0.05, 0.1) is 5.54 Å². The van der Waals surface area contributed by atoms with E-state index >= 15 is 0 Å². The third-order valence-electron chi connectivity index (χ3n) is 5.23. The van der Waals surface area contributed by atoms with E-state index in [1.54, 1.807) is 12.1 Å². The van der Waals surface area contributed by atoms with Gasteiger partial charge < -0.3 is 5.32 Å². The Kier molecular flexibility index (Phi) is 4.00. The van der Waals surface area contributed by atoms with Crippen LogP contribution < -0.4 is 5.32 Å². The molecule has 2 nitrogen and oxygen atoms in total. The third kappa shape index (κ3) is 2.80. The Morgan fingerprint density at radius 1 is 0.880 bits per heavy atom. The van der Waals surface area contributed by atoms with E-state index in [4.69, 9.17) is 0 Å². The molecule has 126 valence electrons. The summed E-state index contributed by atoms with van der Waals surface area (Å²) in [5, 5.41) is 5.13. The minimum Gasteiger partial charge on any atom is -0.342 e. The van der Waals surface area contributed by atoms with Crippen molar-refractivity contribution in [1.29, 1.82) is 0 Å². The molecule has 0 aliphatic heterocycles. The van der Waals surface area contributed by atoms with Gasteiger partial charge in [-0.05, 0) is 35.7 Å². The molecule has 0 heterocycles. The van der Waals surface area contributed by atoms with Gasteiger partial charge in [-0.2, -0.15) is 0 Å². The summed E-state index contributed by atoms with van der Waals surface area (Å²) in [6.45, 7) is 0. The summed E-state index contributed by atoms with van der Waals surface area (Å²) in [6, 6.07) is 20.4. The Morgan fingerprint density at radius 3 is 2.36 bits per heavy atom. The highest BCUT2D eigenvalue weighted by molar-refractivity contribution is 6.07. The Balaban J connectivity index is 1.74. The monoisotopic (exact) mass is 333 g/mol. The van der Waals surface area contributed by atoms with Crippen LogP contribution in [0.2, 0.25) is 0 Å². The number of fused-ring (bicyclic) bond motifs is 1. The van der Waals surface area contributed by atoms with Crippen molar-refractivity contribution in [2.45, 2.75) is 31.2 Å². The fraction of sp³-hybridized carbons (Fsp3) is 0.227. The van der Waals surface area contributed by atoms with E-state index in [9.17, 15) is 9.18 Å². The Morgan fingerprint density at radius 2 is 1.56 bits per heavy atom. The fourth-order valence-electron chi connectivity index (χ4n) is 4.00. The normalized spacial score (nSPS) is 16.0. The Hall–Kier alpha value is -2.68. The topological polar surface area (TPSA) is 29.1 Å². The first kappa shape index (κ1) is 15.8. The molecule has 1 N–H and O–H groups in total. The summed E-state index contributed by atoms with van der Waals surface area (Å²) in [5.74, 6) is -0.385. The van der Waals surface area contributed by atoms with Crippen LogP contribution in [0.5, 0.6) is 0 Å². The van der Waals surface area contributed by atoms with Crippen molar-refractivity contribution < 1.29 is 9.18 Å². The molecule has 0 atom stereocenters. The molecule has 0 aromatic heterocycles. The van der Waals surface area contributed by atoms with Crippen molar-refractivity contribution in [2.75, 3.05) is 0 Å². The maximum Gasteiger partial charge on any atom is 0.252 e. The van der Waals surface area contributed by atoms with E-state index in [0.717, 1.165) is 36.5 Å². The summed E-state index contributed by atoms with van der Waals surface area (Å²) < 4.78 is 14.4. The third-order valence-corrected chi connectivity index (χ3v) is 5.23. The highest BCUT2D eigenvalue weighted by atomic mass is 19.1. The van der Waals surface area contributed by atoms with Crippen LogP contribution in [0.15, 0.2) is 66.7 Å². The molecule has 0 spiro atoms. The highest BCUT2D eigenvalue weighted by Crippen LogP contribution is 2.40. The van der Waals surface area contributed by atoms with Crippen LogP contribution in [0.25, 0.3) is 10.8 Å². The van der Waals surface area contributed by atoms with Crippen LogP contribution in [-0.2, 0) is 5.54 Å². The Labute approximate surface area is 146 Å². The minimum absolute atomic E-state index is 0.137. The number of carbonyl (C=O) groups is 1. The van der Waals surface area contributed by atoms with E-state index < -0.39 is 5.54 Å². The second-order valence-corrected chi connectivity index (χ2v) is 6.75. The molecule has 1 fully saturated rings. The van der Waals surface area contributed by atoms with Gasteiger partial charge >= 0.3 is 0 Å². The molecule has 25 heavy (non-hydrogen) atoms. The van der Waals surface area contributed by atoms with Crippen molar-refractivity contribution in [3.63, 3.8) is 0 Å². The average molecular weight is 333 g/mol. The van der Waals surface area contributed by atoms with Crippen molar-refractivity contribution in [2.24, 2.45) is 0 Å². The van der Waals surface area contributed by atoms with Gasteiger partial charge in [0, 0.05) is 11.1 Å². The quantitative estimate of drug-likeness (QED) is 0.703. The fourth-order valence-corrected chi connectivity index (χ4v) is 4.00. The average Bonchev–Trinajstić information content (AvgIpc) is 3.11. The number of rotatable bonds is 3. The van der Waals surface area contributed by atoms with Gasteiger partial charge in [-0.25, -0.2) is 4.39 Å². The highest BCUT2D eigenvalue weighted by Gasteiger charge is 2.39. The maximum atomic E-state index is 14.4. The summed E-state index contributed by atoms with van der Waals surface area (Å²) in [6.07, 6.45) is 3.52. The van der Waals surface area contributed by atoms with E-state index in [-0.39, 0.29) is 11.7 Å². The first-order valence-electron chi connectivity index (χ1n) is 8.75. The second kappa shape index (κ2) is 6.32. The number of benzene rings is 3. The van der Waals surface area contributed by atoms with Gasteiger partial charge in [0.1, 0.15) is 5.82 Å². The molecule has 0 bridgehead atoms. The lowest BCUT2D eigenvalue weighted by atomic mass is 9.87. The van der Waals surface area contributed by atoms with Crippen molar-refractivity contribution in [3.8, 4) is 0 Å². The summed E-state index contributed by atoms with van der Waals surface area (Å²) in [4.78, 5) is 13.1. The van der Waals surface area contributed by atoms with Gasteiger partial charge in [0.15, 0.2) is 0 Å². The van der Waals surface area contributed by atoms with Gasteiger partial charge in [0.25, 0.3) is 5.91 Å². The van der Waals surface area contributed by atoms with Gasteiger partial charge in [-0.1, -0.05) is 67.4 Å². The van der Waals surface area contributed by atoms with Gasteiger partial charge in [-0.3, -0.25) is 4.79 Å². The number of nitrogens with one attached hydrogen (secondary N) is 1. The molecule has 3 aromatic rings. The Bertz CT molecular complexity index is 923. The van der Waals surface area contributed by atoms with E-state index in [1.165, 1.54) is 6.07 Å². The maximum absolute atomic E-state index is 14.4. The zero-order valence-electron chi connectivity index (χ0n) is 14.0. The molecule has 3 heteroatoms. The molecule has 4 rings (SSSR count). The van der Waals surface area contributed by atoms with Crippen molar-refractivity contribution in [1.82, 2.24) is 5.32 Å². The largest absolute Gasteiger partial charge is 0.342 e. The predicted octanol–water partition coefficient (Wildman–Crippen LogP) is 5.18. The standard InChI is InChI=1S/C22H20FNO/c23-20-13-4-3-12-19(20)22(14-5-6-15-22)24-21(25)18-11-7-9-16-8-1-2-10-17(16)18/h1-4,7-13H,5-6,14-15H2,(H,24,25). The SMILES string of the molecule is O=C(NC1(c2ccccc2F)CCCC1)c1cccc2ccccc12. The van der Waals surface area contributed by atoms with Gasteiger partial charge in [0.2, 0.25) is 0 Å². The molecule has 1 aliphatic carbocycles. The number of amides is 1. The van der Waals surface area contributed by atoms with E-state index in [0.29, 0.717) is 11.1 Å². The second-order valence-electron chi connectivity index (χ2n) is 6.75. The van der Waals surface area contributed by atoms with Crippen LogP contribution in [0.3, 0.4) is 0 Å². The van der Waals surface area contributed by atoms with E-state index in [2.05, 4.69) is 5.32 Å². The summed E-state index contributed by atoms with van der Waals surface area (Å²) in [5.41, 5.74) is 0.626. The molecule has 1 aliphatic rings. The molecule has 0 radical (unpaired) electrons. The summed E-state index contributed by atoms with van der Waals surface area (Å²) in [7, 11) is 0. The van der Waals surface area contributed by atoms with Crippen LogP contribution in [0.4, 0.5) is 4.39 Å². The van der Waals surface area contributed by atoms with Crippen molar-refractivity contribution >= 4 is 16.7 Å². The lowest BCUT2D eigenvalue weighted by molar-refractivity contribution is 0.0898. The predicted molar refractivity (Wildman–Crippen MR) is 98.0 cm³/mol. The lowest BCUT2D eigenvalue weighted by Gasteiger charge is -2.31. The van der Waals surface area contributed by atoms with Crippen LogP contribution in [0.1, 0.15) is 41.6 Å². The van der Waals surface area contributed by atoms with Crippen molar-refractivity contribution in [3.05, 3.63) is 83.7 Å². The zero-order chi connectivity index (χ0) is 17.3. The molecular formula is C22H20FNO. The molecule has 1 saturated carbocycles. The van der Waals surface area contributed by atoms with E-state index in [1.807, 2.05) is 48.5 Å². The molecule has 3 aromatic carbocycles. The van der Waals surface area contributed by atoms with Crippen LogP contribution >= 0.6 is 0 Å². The van der Waals surface area contributed by atoms with Crippen LogP contribution in [-0.4, -0.2) is 5.91 Å². The number of carbonyl (C=O) groups excluding carboxylic acids is 1. The first-order valence-corrected chi connectivity index (χ1v) is 8.75. The minimum atomic E-state index is -0.612. The van der Waals surface area contributed by atoms with Crippen LogP contribution in [0, 0.1) is 5.82 Å². The smallest absolute Gasteiger partial charge is 0.252 e.